The largest absolute Gasteiger partial charge is 0.386 e. The van der Waals surface area contributed by atoms with Crippen LogP contribution in [0.1, 0.15) is 11.1 Å². The van der Waals surface area contributed by atoms with Gasteiger partial charge in [0.25, 0.3) is 0 Å². The Morgan fingerprint density at radius 2 is 1.96 bits per heavy atom. The lowest BCUT2D eigenvalue weighted by Crippen LogP contribution is -2.35. The summed E-state index contributed by atoms with van der Waals surface area (Å²) in [5.41, 5.74) is 6.70. The molecule has 1 heterocycles. The van der Waals surface area contributed by atoms with Gasteiger partial charge in [0.05, 0.1) is 24.6 Å². The molecule has 0 aromatic heterocycles. The molecule has 0 aliphatic carbocycles. The van der Waals surface area contributed by atoms with E-state index in [1.165, 1.54) is 16.7 Å². The molecule has 0 radical (unpaired) electrons. The first-order valence-corrected chi connectivity index (χ1v) is 8.64. The molecule has 0 spiro atoms. The minimum atomic E-state index is 0.698. The monoisotopic (exact) mass is 339 g/mol. The second-order valence-electron chi connectivity index (χ2n) is 6.25. The minimum absolute atomic E-state index is 0.698. The van der Waals surface area contributed by atoms with E-state index in [1.807, 2.05) is 19.2 Å². The quantitative estimate of drug-likeness (QED) is 0.794. The average molecular weight is 339 g/mol. The fraction of sp³-hybridized carbons (Fsp3) is 0.350. The van der Waals surface area contributed by atoms with E-state index in [0.717, 1.165) is 49.8 Å². The molecular weight excluding hydrogens is 314 g/mol. The van der Waals surface area contributed by atoms with Crippen LogP contribution in [0.5, 0.6) is 0 Å². The molecule has 0 saturated carbocycles. The third-order valence-electron chi connectivity index (χ3n) is 4.76. The highest BCUT2D eigenvalue weighted by Crippen LogP contribution is 2.32. The smallest absolute Gasteiger partial charge is 0.211 e. The van der Waals surface area contributed by atoms with Gasteiger partial charge in [-0.1, -0.05) is 24.3 Å². The van der Waals surface area contributed by atoms with Crippen molar-refractivity contribution in [3.63, 3.8) is 0 Å². The van der Waals surface area contributed by atoms with Crippen molar-refractivity contribution >= 4 is 17.8 Å². The Labute approximate surface area is 149 Å². The van der Waals surface area contributed by atoms with Crippen LogP contribution in [0.3, 0.4) is 0 Å². The van der Waals surface area contributed by atoms with Crippen LogP contribution in [-0.2, 0) is 16.1 Å². The van der Waals surface area contributed by atoms with Gasteiger partial charge in [0.2, 0.25) is 6.41 Å². The molecule has 0 bridgehead atoms. The van der Waals surface area contributed by atoms with Crippen LogP contribution in [0.4, 0.5) is 11.4 Å². The number of benzene rings is 2. The zero-order valence-corrected chi connectivity index (χ0v) is 14.8. The lowest BCUT2D eigenvalue weighted by Gasteiger charge is -2.27. The molecule has 2 aromatic carbocycles. The number of morpholine rings is 1. The van der Waals surface area contributed by atoms with Gasteiger partial charge in [0.1, 0.15) is 0 Å². The molecule has 0 atom stereocenters. The van der Waals surface area contributed by atoms with Crippen LogP contribution >= 0.6 is 0 Å². The summed E-state index contributed by atoms with van der Waals surface area (Å²) in [4.78, 5) is 13.2. The maximum atomic E-state index is 10.7. The van der Waals surface area contributed by atoms with Crippen LogP contribution in [0.2, 0.25) is 0 Å². The number of ether oxygens (including phenoxy) is 1. The third kappa shape index (κ3) is 4.00. The van der Waals surface area contributed by atoms with E-state index in [2.05, 4.69) is 46.7 Å². The number of nitrogens with one attached hydrogen (secondary N) is 2. The number of hydrogen-bond donors (Lipinski definition) is 2. The van der Waals surface area contributed by atoms with Gasteiger partial charge < -0.3 is 15.4 Å². The molecule has 1 fully saturated rings. The second kappa shape index (κ2) is 8.14. The summed E-state index contributed by atoms with van der Waals surface area (Å²) in [5, 5.41) is 5.87. The molecular formula is C20H25N3O2. The van der Waals surface area contributed by atoms with E-state index in [0.29, 0.717) is 6.41 Å². The number of carbonyl (C=O) groups excluding carboxylic acids is 1. The van der Waals surface area contributed by atoms with Crippen molar-refractivity contribution in [1.82, 2.24) is 4.90 Å². The predicted molar refractivity (Wildman–Crippen MR) is 102 cm³/mol. The maximum Gasteiger partial charge on any atom is 0.211 e. The molecule has 2 N–H and O–H groups in total. The van der Waals surface area contributed by atoms with Gasteiger partial charge in [-0.25, -0.2) is 0 Å². The third-order valence-corrected chi connectivity index (χ3v) is 4.76. The number of amides is 1. The highest BCUT2D eigenvalue weighted by Gasteiger charge is 2.14. The van der Waals surface area contributed by atoms with Crippen molar-refractivity contribution in [2.45, 2.75) is 13.5 Å². The van der Waals surface area contributed by atoms with E-state index in [-0.39, 0.29) is 0 Å². The molecule has 25 heavy (non-hydrogen) atoms. The molecule has 1 aliphatic heterocycles. The van der Waals surface area contributed by atoms with Gasteiger partial charge in [-0.3, -0.25) is 9.69 Å². The van der Waals surface area contributed by atoms with Crippen molar-refractivity contribution in [3.05, 3.63) is 47.5 Å². The fourth-order valence-electron chi connectivity index (χ4n) is 3.28. The zero-order valence-electron chi connectivity index (χ0n) is 14.8. The van der Waals surface area contributed by atoms with Crippen LogP contribution < -0.4 is 10.6 Å². The first-order chi connectivity index (χ1) is 12.2. The Hall–Kier alpha value is -2.37. The first-order valence-electron chi connectivity index (χ1n) is 8.64. The average Bonchev–Trinajstić information content (AvgIpc) is 2.65. The number of anilines is 2. The van der Waals surface area contributed by atoms with Crippen molar-refractivity contribution in [1.29, 1.82) is 0 Å². The summed E-state index contributed by atoms with van der Waals surface area (Å²) in [7, 11) is 1.86. The normalized spacial score (nSPS) is 15.0. The Morgan fingerprint density at radius 3 is 2.68 bits per heavy atom. The topological polar surface area (TPSA) is 53.6 Å². The van der Waals surface area contributed by atoms with E-state index >= 15 is 0 Å². The summed E-state index contributed by atoms with van der Waals surface area (Å²) in [5.74, 6) is 0. The summed E-state index contributed by atoms with van der Waals surface area (Å²) in [6.45, 7) is 6.73. The van der Waals surface area contributed by atoms with Crippen molar-refractivity contribution in [2.75, 3.05) is 44.0 Å². The second-order valence-corrected chi connectivity index (χ2v) is 6.25. The van der Waals surface area contributed by atoms with E-state index in [9.17, 15) is 4.79 Å². The van der Waals surface area contributed by atoms with Crippen molar-refractivity contribution in [3.8, 4) is 11.1 Å². The van der Waals surface area contributed by atoms with Crippen LogP contribution in [0.15, 0.2) is 36.4 Å². The standard InChI is InChI=1S/C20H25N3O2/c1-15-17(13-23-8-10-25-11-9-23)4-3-5-18(15)16-6-7-19(22-14-24)20(12-16)21-2/h3-7,12,14,21H,8-11,13H2,1-2H3,(H,22,24). The summed E-state index contributed by atoms with van der Waals surface area (Å²) >= 11 is 0. The van der Waals surface area contributed by atoms with Gasteiger partial charge in [0.15, 0.2) is 0 Å². The van der Waals surface area contributed by atoms with Crippen molar-refractivity contribution < 1.29 is 9.53 Å². The lowest BCUT2D eigenvalue weighted by atomic mass is 9.95. The molecule has 1 amide bonds. The highest BCUT2D eigenvalue weighted by molar-refractivity contribution is 5.84. The molecule has 1 saturated heterocycles. The molecule has 1 aliphatic rings. The summed E-state index contributed by atoms with van der Waals surface area (Å²) < 4.78 is 5.44. The minimum Gasteiger partial charge on any atom is -0.386 e. The van der Waals surface area contributed by atoms with E-state index < -0.39 is 0 Å². The summed E-state index contributed by atoms with van der Waals surface area (Å²) in [6.07, 6.45) is 0.698. The molecule has 2 aromatic rings. The van der Waals surface area contributed by atoms with Gasteiger partial charge in [-0.05, 0) is 41.3 Å². The van der Waals surface area contributed by atoms with Crippen LogP contribution in [0, 0.1) is 6.92 Å². The van der Waals surface area contributed by atoms with Gasteiger partial charge >= 0.3 is 0 Å². The Kier molecular flexibility index (Phi) is 5.68. The van der Waals surface area contributed by atoms with Crippen LogP contribution in [-0.4, -0.2) is 44.7 Å². The maximum absolute atomic E-state index is 10.7. The zero-order chi connectivity index (χ0) is 17.6. The lowest BCUT2D eigenvalue weighted by molar-refractivity contribution is -0.105. The van der Waals surface area contributed by atoms with E-state index in [1.54, 1.807) is 0 Å². The number of hydrogen-bond acceptors (Lipinski definition) is 4. The molecule has 132 valence electrons. The predicted octanol–water partition coefficient (Wildman–Crippen LogP) is 3.10. The SMILES string of the molecule is CNc1cc(-c2cccc(CN3CCOCC3)c2C)ccc1NC=O. The molecule has 5 heteroatoms. The van der Waals surface area contributed by atoms with Crippen LogP contribution in [0.25, 0.3) is 11.1 Å². The molecule has 0 unspecified atom stereocenters. The number of rotatable bonds is 6. The summed E-state index contributed by atoms with van der Waals surface area (Å²) in [6, 6.07) is 12.5. The Balaban J connectivity index is 1.89. The first kappa shape index (κ1) is 17.5. The van der Waals surface area contributed by atoms with Gasteiger partial charge in [-0.2, -0.15) is 0 Å². The van der Waals surface area contributed by atoms with E-state index in [4.69, 9.17) is 4.74 Å². The molecule has 5 nitrogen and oxygen atoms in total. The Bertz CT molecular complexity index is 740. The number of nitrogens with zero attached hydrogens (tertiary/aromatic N) is 1. The van der Waals surface area contributed by atoms with Crippen molar-refractivity contribution in [2.24, 2.45) is 0 Å². The van der Waals surface area contributed by atoms with Gasteiger partial charge in [-0.15, -0.1) is 0 Å². The Morgan fingerprint density at radius 1 is 1.16 bits per heavy atom. The fourth-order valence-corrected chi connectivity index (χ4v) is 3.28. The van der Waals surface area contributed by atoms with Gasteiger partial charge in [0, 0.05) is 26.7 Å². The highest BCUT2D eigenvalue weighted by atomic mass is 16.5. The molecule has 3 rings (SSSR count). The number of carbonyl (C=O) groups is 1.